The van der Waals surface area contributed by atoms with E-state index in [0.717, 1.165) is 87.1 Å². The molecule has 4 aromatic carbocycles. The van der Waals surface area contributed by atoms with Crippen LogP contribution in [0.4, 0.5) is 32.3 Å². The van der Waals surface area contributed by atoms with Crippen LogP contribution in [-0.2, 0) is 39.4 Å². The fourth-order valence-corrected chi connectivity index (χ4v) is 9.59. The second-order valence-corrected chi connectivity index (χ2v) is 18.8. The fourth-order valence-electron chi connectivity index (χ4n) is 9.59. The Kier molecular flexibility index (Phi) is 16.8. The molecule has 3 aliphatic rings. The molecule has 13 nitrogen and oxygen atoms in total. The lowest BCUT2D eigenvalue weighted by atomic mass is 9.83. The van der Waals surface area contributed by atoms with Crippen molar-refractivity contribution in [3.63, 3.8) is 0 Å². The second-order valence-electron chi connectivity index (χ2n) is 18.8. The van der Waals surface area contributed by atoms with E-state index in [2.05, 4.69) is 189 Å². The van der Waals surface area contributed by atoms with E-state index in [0.29, 0.717) is 13.1 Å². The second kappa shape index (κ2) is 23.3. The monoisotopic (exact) mass is 972 g/mol. The number of carbonyl (C=O) groups is 4. The number of aryl methyl sites for hydroxylation is 2. The number of anilines is 2. The number of fused-ring (bicyclic) bond motifs is 2. The van der Waals surface area contributed by atoms with E-state index in [9.17, 15) is 19.2 Å². The highest BCUT2D eigenvalue weighted by Gasteiger charge is 2.42. The van der Waals surface area contributed by atoms with E-state index in [-0.39, 0.29) is 50.3 Å². The fraction of sp³-hybridized carbons (Fsp3) is 0.305. The maximum absolute atomic E-state index is 12.7. The summed E-state index contributed by atoms with van der Waals surface area (Å²) in [6, 6.07) is 33.9. The zero-order valence-electron chi connectivity index (χ0n) is 42.3. The van der Waals surface area contributed by atoms with Crippen LogP contribution in [0.1, 0.15) is 62.8 Å². The van der Waals surface area contributed by atoms with Gasteiger partial charge in [0.1, 0.15) is 26.4 Å². The van der Waals surface area contributed by atoms with Gasteiger partial charge >= 0.3 is 24.1 Å². The third-order valence-electron chi connectivity index (χ3n) is 13.2. The number of esters is 2. The van der Waals surface area contributed by atoms with Gasteiger partial charge in [0.2, 0.25) is 17.1 Å². The topological polar surface area (TPSA) is 139 Å². The Morgan fingerprint density at radius 3 is 1.36 bits per heavy atom. The van der Waals surface area contributed by atoms with Crippen molar-refractivity contribution in [2.45, 2.75) is 65.2 Å². The Morgan fingerprint density at radius 1 is 0.569 bits per heavy atom. The van der Waals surface area contributed by atoms with E-state index >= 15 is 0 Å². The lowest BCUT2D eigenvalue weighted by Gasteiger charge is -2.27. The van der Waals surface area contributed by atoms with Gasteiger partial charge in [-0.1, -0.05) is 125 Å². The van der Waals surface area contributed by atoms with Crippen LogP contribution in [0.2, 0.25) is 0 Å². The number of ether oxygens (including phenoxy) is 4. The Bertz CT molecular complexity index is 2670. The van der Waals surface area contributed by atoms with Gasteiger partial charge in [-0.05, 0) is 62.1 Å². The zero-order valence-corrected chi connectivity index (χ0v) is 42.3. The van der Waals surface area contributed by atoms with E-state index in [4.69, 9.17) is 18.9 Å². The van der Waals surface area contributed by atoms with Crippen molar-refractivity contribution in [2.75, 3.05) is 62.4 Å². The van der Waals surface area contributed by atoms with Crippen LogP contribution in [0.25, 0.3) is 0 Å². The molecule has 7 rings (SSSR count). The maximum atomic E-state index is 12.7. The van der Waals surface area contributed by atoms with Gasteiger partial charge in [0, 0.05) is 81.2 Å². The summed E-state index contributed by atoms with van der Waals surface area (Å²) in [4.78, 5) is 52.8. The molecule has 2 aliphatic heterocycles. The molecule has 13 heteroatoms. The first-order valence-electron chi connectivity index (χ1n) is 24.4. The standard InChI is InChI=1S/C59H65N5O8/c1-9-53(65)69-35-31-60-56(67)71-37-33-62-49-27-21-41(3)39-47(49)58(5,6)51(62)29-25-43-23-24-44(55(43)64(45-17-13-11-14-18-45)46-19-15-12-16-20-46)26-30-52-59(7,8)48-40-42(4)22-28-50(48)63(52)34-38-72-57(68)61-32-36-70-54(66)10-2/h9-22,25-30,39-40H,1-2,23-24,31-38H2,3-8H3,(H-,60,61,67,68)/p+1. The van der Waals surface area contributed by atoms with Gasteiger partial charge in [0.05, 0.1) is 26.2 Å². The van der Waals surface area contributed by atoms with Crippen LogP contribution in [0.5, 0.6) is 0 Å². The molecule has 4 aromatic rings. The van der Waals surface area contributed by atoms with Crippen molar-refractivity contribution in [3.05, 3.63) is 191 Å². The van der Waals surface area contributed by atoms with Crippen molar-refractivity contribution in [1.29, 1.82) is 0 Å². The third-order valence-corrected chi connectivity index (χ3v) is 13.2. The van der Waals surface area contributed by atoms with Gasteiger partial charge in [-0.3, -0.25) is 0 Å². The van der Waals surface area contributed by atoms with Crippen LogP contribution in [0.3, 0.4) is 0 Å². The number of amides is 2. The minimum Gasteiger partial charge on any atom is -0.461 e. The van der Waals surface area contributed by atoms with Gasteiger partial charge < -0.3 is 39.4 Å². The summed E-state index contributed by atoms with van der Waals surface area (Å²) in [5.74, 6) is -1.11. The first kappa shape index (κ1) is 51.9. The van der Waals surface area contributed by atoms with Crippen LogP contribution in [0, 0.1) is 13.8 Å². The van der Waals surface area contributed by atoms with E-state index < -0.39 is 24.1 Å². The number of hydrogen-bond donors (Lipinski definition) is 2. The van der Waals surface area contributed by atoms with Crippen molar-refractivity contribution in [3.8, 4) is 0 Å². The zero-order chi connectivity index (χ0) is 51.4. The van der Waals surface area contributed by atoms with Crippen molar-refractivity contribution in [2.24, 2.45) is 0 Å². The lowest BCUT2D eigenvalue weighted by molar-refractivity contribution is -0.138. The molecular formula is C59H66N5O8+. The minimum atomic E-state index is -0.595. The van der Waals surface area contributed by atoms with E-state index in [1.54, 1.807) is 0 Å². The highest BCUT2D eigenvalue weighted by atomic mass is 16.6. The number of hydrogen-bond acceptors (Lipinski definition) is 10. The largest absolute Gasteiger partial charge is 0.461 e. The molecule has 0 bridgehead atoms. The molecule has 374 valence electrons. The minimum absolute atomic E-state index is 0.0102. The van der Waals surface area contributed by atoms with Crippen LogP contribution in [-0.4, -0.2) is 82.4 Å². The lowest BCUT2D eigenvalue weighted by Crippen LogP contribution is -2.33. The molecule has 1 aliphatic carbocycles. The van der Waals surface area contributed by atoms with Gasteiger partial charge in [0.25, 0.3) is 0 Å². The van der Waals surface area contributed by atoms with E-state index in [1.165, 1.54) is 11.1 Å². The Hall–Kier alpha value is -7.93. The number of alkyl carbamates (subject to hydrolysis) is 2. The Balaban J connectivity index is 1.26. The summed E-state index contributed by atoms with van der Waals surface area (Å²) < 4.78 is 23.6. The van der Waals surface area contributed by atoms with Gasteiger partial charge in [-0.15, -0.1) is 0 Å². The number of rotatable bonds is 18. The summed E-state index contributed by atoms with van der Waals surface area (Å²) in [5.41, 5.74) is 13.7. The number of nitrogens with one attached hydrogen (secondary N) is 2. The summed E-state index contributed by atoms with van der Waals surface area (Å²) in [5, 5.41) is 5.30. The molecule has 2 heterocycles. The van der Waals surface area contributed by atoms with Gasteiger partial charge in [0.15, 0.2) is 0 Å². The van der Waals surface area contributed by atoms with Crippen LogP contribution in [0.15, 0.2) is 169 Å². The summed E-state index contributed by atoms with van der Waals surface area (Å²) in [6.07, 6.45) is 11.5. The van der Waals surface area contributed by atoms with Crippen LogP contribution >= 0.6 is 0 Å². The van der Waals surface area contributed by atoms with Gasteiger partial charge in [-0.25, -0.2) is 19.2 Å². The number of benzene rings is 4. The maximum Gasteiger partial charge on any atom is 0.407 e. The van der Waals surface area contributed by atoms with Crippen LogP contribution < -0.4 is 25.0 Å². The number of para-hydroxylation sites is 2. The highest BCUT2D eigenvalue weighted by Crippen LogP contribution is 2.50. The first-order valence-corrected chi connectivity index (χ1v) is 24.4. The third kappa shape index (κ3) is 12.0. The molecular weight excluding hydrogens is 907 g/mol. The normalized spacial score (nSPS) is 17.4. The van der Waals surface area contributed by atoms with Gasteiger partial charge in [-0.2, -0.15) is 4.58 Å². The van der Waals surface area contributed by atoms with Crippen molar-refractivity contribution >= 4 is 52.6 Å². The predicted molar refractivity (Wildman–Crippen MR) is 285 cm³/mol. The molecule has 1 fully saturated rings. The number of allylic oxidation sites excluding steroid dienone is 8. The molecule has 0 spiro atoms. The molecule has 0 atom stereocenters. The smallest absolute Gasteiger partial charge is 0.407 e. The predicted octanol–water partition coefficient (Wildman–Crippen LogP) is 10.5. The number of carbonyl (C=O) groups excluding carboxylic acids is 4. The molecule has 0 saturated heterocycles. The summed E-state index contributed by atoms with van der Waals surface area (Å²) >= 11 is 0. The molecule has 0 radical (unpaired) electrons. The summed E-state index contributed by atoms with van der Waals surface area (Å²) in [7, 11) is 0. The highest BCUT2D eigenvalue weighted by molar-refractivity contribution is 6.17. The molecule has 2 amide bonds. The first-order chi connectivity index (χ1) is 34.6. The average Bonchev–Trinajstić information content (AvgIpc) is 3.93. The number of nitrogens with zero attached hydrogens (tertiary/aromatic N) is 3. The Morgan fingerprint density at radius 2 is 0.972 bits per heavy atom. The molecule has 1 saturated carbocycles. The SMILES string of the molecule is C=CC(=O)OCCNC(=O)OCCN1C(=CC=C2CCC(=CC=C3N(CCOC(=O)NCCOC(=O)C=C)c4ccc(C)cc4C3(C)C)C2=[N+](c2ccccc2)c2ccccc2)C(C)(C)c2cc(C)ccc21. The van der Waals surface area contributed by atoms with Crippen molar-refractivity contribution in [1.82, 2.24) is 15.2 Å². The molecule has 2 N–H and O–H groups in total. The molecule has 0 aromatic heterocycles. The average molecular weight is 973 g/mol. The van der Waals surface area contributed by atoms with E-state index in [1.807, 2.05) is 12.1 Å². The summed E-state index contributed by atoms with van der Waals surface area (Å²) in [6.45, 7) is 21.3. The quantitative estimate of drug-likeness (QED) is 0.0326. The Labute approximate surface area is 423 Å². The molecule has 72 heavy (non-hydrogen) atoms. The van der Waals surface area contributed by atoms with Crippen molar-refractivity contribution < 1.29 is 38.1 Å². The molecule has 0 unspecified atom stereocenters.